The second-order valence-electron chi connectivity index (χ2n) is 7.50. The standard InChI is InChI=1S/C20H21F3N4O3/c1-2-19(20(22,23)9-29-8-15(24)27-19)13-7-12(5-6-14(13)21)26-18(28)16-17(11-3-4-11)30-10-25-16/h5-7,10-11H,2-4,8-9H2,1H3,(H2,24,27)(H,26,28)/t19-/m1/s1. The first-order valence-corrected chi connectivity index (χ1v) is 9.62. The van der Waals surface area contributed by atoms with Gasteiger partial charge >= 0.3 is 0 Å². The van der Waals surface area contributed by atoms with E-state index in [2.05, 4.69) is 15.3 Å². The number of amides is 1. The molecule has 0 spiro atoms. The Bertz CT molecular complexity index is 1000. The van der Waals surface area contributed by atoms with Gasteiger partial charge in [0.1, 0.15) is 30.6 Å². The number of nitrogens with zero attached hydrogens (tertiary/aromatic N) is 2. The van der Waals surface area contributed by atoms with Crippen molar-refractivity contribution >= 4 is 17.4 Å². The van der Waals surface area contributed by atoms with Gasteiger partial charge in [-0.2, -0.15) is 0 Å². The molecule has 1 aliphatic heterocycles. The number of halogens is 3. The number of nitrogens with one attached hydrogen (secondary N) is 1. The molecule has 4 rings (SSSR count). The zero-order chi connectivity index (χ0) is 21.5. The highest BCUT2D eigenvalue weighted by Gasteiger charge is 2.56. The Hall–Kier alpha value is -2.88. The lowest BCUT2D eigenvalue weighted by molar-refractivity contribution is -0.123. The molecule has 1 fully saturated rings. The van der Waals surface area contributed by atoms with Crippen LogP contribution in [0.25, 0.3) is 0 Å². The number of alkyl halides is 2. The normalized spacial score (nSPS) is 23.5. The van der Waals surface area contributed by atoms with Gasteiger partial charge in [0, 0.05) is 17.2 Å². The summed E-state index contributed by atoms with van der Waals surface area (Å²) in [4.78, 5) is 20.6. The Morgan fingerprint density at radius 1 is 1.37 bits per heavy atom. The maximum atomic E-state index is 15.0. The number of nitrogens with two attached hydrogens (primary N) is 1. The van der Waals surface area contributed by atoms with E-state index in [1.165, 1.54) is 19.4 Å². The summed E-state index contributed by atoms with van der Waals surface area (Å²) in [5.74, 6) is -4.47. The summed E-state index contributed by atoms with van der Waals surface area (Å²) in [6.07, 6.45) is 2.78. The quantitative estimate of drug-likeness (QED) is 0.767. The zero-order valence-corrected chi connectivity index (χ0v) is 16.3. The van der Waals surface area contributed by atoms with Crippen LogP contribution in [0.4, 0.5) is 18.9 Å². The summed E-state index contributed by atoms with van der Waals surface area (Å²) in [7, 11) is 0. The largest absolute Gasteiger partial charge is 0.447 e. The van der Waals surface area contributed by atoms with Crippen LogP contribution in [-0.4, -0.2) is 35.9 Å². The van der Waals surface area contributed by atoms with Crippen LogP contribution >= 0.6 is 0 Å². The number of carbonyl (C=O) groups is 1. The lowest BCUT2D eigenvalue weighted by Crippen LogP contribution is -2.47. The van der Waals surface area contributed by atoms with Crippen molar-refractivity contribution in [2.75, 3.05) is 18.5 Å². The average molecular weight is 422 g/mol. The van der Waals surface area contributed by atoms with Crippen molar-refractivity contribution in [2.45, 2.75) is 43.6 Å². The van der Waals surface area contributed by atoms with Crippen molar-refractivity contribution in [1.82, 2.24) is 4.98 Å². The molecule has 2 heterocycles. The number of amidine groups is 1. The van der Waals surface area contributed by atoms with Gasteiger partial charge in [0.15, 0.2) is 17.6 Å². The minimum Gasteiger partial charge on any atom is -0.447 e. The molecule has 0 bridgehead atoms. The number of ether oxygens (including phenoxy) is 1. The molecule has 160 valence electrons. The summed E-state index contributed by atoms with van der Waals surface area (Å²) >= 11 is 0. The molecule has 2 aliphatic rings. The van der Waals surface area contributed by atoms with Crippen molar-refractivity contribution in [2.24, 2.45) is 10.7 Å². The first-order valence-electron chi connectivity index (χ1n) is 9.62. The molecule has 7 nitrogen and oxygen atoms in total. The number of hydrogen-bond acceptors (Lipinski definition) is 6. The Morgan fingerprint density at radius 2 is 2.13 bits per heavy atom. The van der Waals surface area contributed by atoms with Crippen LogP contribution in [0.2, 0.25) is 0 Å². The van der Waals surface area contributed by atoms with Gasteiger partial charge in [-0.15, -0.1) is 0 Å². The second-order valence-corrected chi connectivity index (χ2v) is 7.50. The third-order valence-electron chi connectivity index (χ3n) is 5.41. The predicted octanol–water partition coefficient (Wildman–Crippen LogP) is 3.57. The lowest BCUT2D eigenvalue weighted by atomic mass is 9.81. The molecule has 1 aromatic carbocycles. The molecule has 0 unspecified atom stereocenters. The smallest absolute Gasteiger partial charge is 0.299 e. The van der Waals surface area contributed by atoms with Gasteiger partial charge < -0.3 is 20.2 Å². The molecule has 1 saturated carbocycles. The molecular formula is C20H21F3N4O3. The third kappa shape index (κ3) is 3.45. The topological polar surface area (TPSA) is 103 Å². The van der Waals surface area contributed by atoms with Gasteiger partial charge in [-0.3, -0.25) is 9.79 Å². The summed E-state index contributed by atoms with van der Waals surface area (Å²) in [5, 5.41) is 2.59. The Morgan fingerprint density at radius 3 is 2.83 bits per heavy atom. The monoisotopic (exact) mass is 422 g/mol. The van der Waals surface area contributed by atoms with E-state index in [0.717, 1.165) is 25.0 Å². The molecular weight excluding hydrogens is 401 g/mol. The number of anilines is 1. The minimum atomic E-state index is -3.52. The molecule has 10 heteroatoms. The predicted molar refractivity (Wildman–Crippen MR) is 102 cm³/mol. The van der Waals surface area contributed by atoms with Gasteiger partial charge in [-0.05, 0) is 37.5 Å². The summed E-state index contributed by atoms with van der Waals surface area (Å²) in [6, 6.07) is 3.46. The zero-order valence-electron chi connectivity index (χ0n) is 16.3. The van der Waals surface area contributed by atoms with Crippen LogP contribution in [0.5, 0.6) is 0 Å². The van der Waals surface area contributed by atoms with Gasteiger partial charge in [0.2, 0.25) is 0 Å². The highest BCUT2D eigenvalue weighted by atomic mass is 19.3. The van der Waals surface area contributed by atoms with E-state index >= 15 is 8.78 Å². The van der Waals surface area contributed by atoms with Crippen molar-refractivity contribution in [3.8, 4) is 0 Å². The van der Waals surface area contributed by atoms with Crippen LogP contribution in [0.3, 0.4) is 0 Å². The van der Waals surface area contributed by atoms with Crippen LogP contribution in [-0.2, 0) is 10.3 Å². The second kappa shape index (κ2) is 7.42. The average Bonchev–Trinajstić information content (AvgIpc) is 3.44. The fourth-order valence-corrected chi connectivity index (χ4v) is 3.72. The van der Waals surface area contributed by atoms with Gasteiger partial charge in [0.25, 0.3) is 11.8 Å². The van der Waals surface area contributed by atoms with Crippen molar-refractivity contribution < 1.29 is 27.1 Å². The first kappa shape index (κ1) is 20.4. The van der Waals surface area contributed by atoms with E-state index in [0.29, 0.717) is 5.76 Å². The van der Waals surface area contributed by atoms with Crippen LogP contribution in [0.15, 0.2) is 34.0 Å². The summed E-state index contributed by atoms with van der Waals surface area (Å²) < 4.78 is 55.0. The highest BCUT2D eigenvalue weighted by molar-refractivity contribution is 6.03. The number of oxazole rings is 1. The summed E-state index contributed by atoms with van der Waals surface area (Å²) in [5.41, 5.74) is 3.34. The van der Waals surface area contributed by atoms with E-state index in [4.69, 9.17) is 14.9 Å². The molecule has 0 saturated heterocycles. The number of carbonyl (C=O) groups excluding carboxylic acids is 1. The number of rotatable bonds is 5. The van der Waals surface area contributed by atoms with Crippen molar-refractivity contribution in [1.29, 1.82) is 0 Å². The molecule has 0 radical (unpaired) electrons. The maximum absolute atomic E-state index is 15.0. The number of aromatic nitrogens is 1. The number of hydrogen-bond donors (Lipinski definition) is 2. The SMILES string of the molecule is CC[C@]1(c2cc(NC(=O)c3ncoc3C3CC3)ccc2F)N=C(N)COCC1(F)F. The minimum absolute atomic E-state index is 0.128. The fraction of sp³-hybridized carbons (Fsp3) is 0.450. The highest BCUT2D eigenvalue weighted by Crippen LogP contribution is 2.47. The molecule has 1 amide bonds. The molecule has 1 aromatic heterocycles. The Kier molecular flexibility index (Phi) is 5.05. The van der Waals surface area contributed by atoms with Crippen LogP contribution < -0.4 is 11.1 Å². The van der Waals surface area contributed by atoms with E-state index < -0.39 is 29.8 Å². The van der Waals surface area contributed by atoms with Crippen molar-refractivity contribution in [3.63, 3.8) is 0 Å². The van der Waals surface area contributed by atoms with Gasteiger partial charge in [0.05, 0.1) is 0 Å². The Balaban J connectivity index is 1.71. The molecule has 1 aliphatic carbocycles. The number of aliphatic imine (C=N–C) groups is 1. The fourth-order valence-electron chi connectivity index (χ4n) is 3.72. The number of benzene rings is 1. The van der Waals surface area contributed by atoms with E-state index in [1.807, 2.05) is 0 Å². The van der Waals surface area contributed by atoms with E-state index in [1.54, 1.807) is 0 Å². The first-order chi connectivity index (χ1) is 14.3. The lowest BCUT2D eigenvalue weighted by Gasteiger charge is -2.36. The molecule has 2 aromatic rings. The maximum Gasteiger partial charge on any atom is 0.299 e. The van der Waals surface area contributed by atoms with Crippen LogP contribution in [0, 0.1) is 5.82 Å². The summed E-state index contributed by atoms with van der Waals surface area (Å²) in [6.45, 7) is 0.244. The van der Waals surface area contributed by atoms with E-state index in [9.17, 15) is 9.18 Å². The molecule has 30 heavy (non-hydrogen) atoms. The van der Waals surface area contributed by atoms with Crippen LogP contribution in [0.1, 0.15) is 53.9 Å². The van der Waals surface area contributed by atoms with Gasteiger partial charge in [-0.1, -0.05) is 6.92 Å². The third-order valence-corrected chi connectivity index (χ3v) is 5.41. The van der Waals surface area contributed by atoms with Crippen molar-refractivity contribution in [3.05, 3.63) is 47.4 Å². The molecule has 1 atom stereocenters. The van der Waals surface area contributed by atoms with E-state index in [-0.39, 0.29) is 41.7 Å². The van der Waals surface area contributed by atoms with Gasteiger partial charge in [-0.25, -0.2) is 18.2 Å². The Labute approximate surface area is 170 Å². The molecule has 3 N–H and O–H groups in total.